The van der Waals surface area contributed by atoms with Gasteiger partial charge in [0.25, 0.3) is 0 Å². The van der Waals surface area contributed by atoms with Crippen molar-refractivity contribution >= 4 is 16.3 Å². The molecule has 0 saturated carbocycles. The van der Waals surface area contributed by atoms with E-state index < -0.39 is 0 Å². The summed E-state index contributed by atoms with van der Waals surface area (Å²) in [5.41, 5.74) is 11.5. The molecule has 0 heterocycles. The molecule has 0 spiro atoms. The molecule has 2 aliphatic carbocycles. The lowest BCUT2D eigenvalue weighted by Gasteiger charge is -2.30. The van der Waals surface area contributed by atoms with Gasteiger partial charge >= 0.3 is 0 Å². The van der Waals surface area contributed by atoms with E-state index >= 15 is 0 Å². The van der Waals surface area contributed by atoms with Crippen molar-refractivity contribution in [1.82, 2.24) is 0 Å². The van der Waals surface area contributed by atoms with Crippen LogP contribution in [0.2, 0.25) is 0 Å². The van der Waals surface area contributed by atoms with Crippen molar-refractivity contribution in [2.75, 3.05) is 0 Å². The Labute approximate surface area is 162 Å². The molecule has 1 unspecified atom stereocenters. The van der Waals surface area contributed by atoms with Crippen LogP contribution in [0.15, 0.2) is 66.3 Å². The smallest absolute Gasteiger partial charge is 0.00668 e. The number of rotatable bonds is 1. The predicted molar refractivity (Wildman–Crippen MR) is 117 cm³/mol. The highest BCUT2D eigenvalue weighted by Gasteiger charge is 2.25. The molecule has 0 saturated heterocycles. The van der Waals surface area contributed by atoms with Gasteiger partial charge in [-0.3, -0.25) is 0 Å². The molecule has 0 nitrogen and oxygen atoms in total. The molecule has 0 aliphatic heterocycles. The van der Waals surface area contributed by atoms with Crippen LogP contribution in [0.5, 0.6) is 0 Å². The van der Waals surface area contributed by atoms with Gasteiger partial charge in [-0.25, -0.2) is 0 Å². The Morgan fingerprint density at radius 3 is 2.59 bits per heavy atom. The predicted octanol–water partition coefficient (Wildman–Crippen LogP) is 7.42. The maximum atomic E-state index is 2.38. The Kier molecular flexibility index (Phi) is 3.82. The van der Waals surface area contributed by atoms with Gasteiger partial charge in [0.2, 0.25) is 0 Å². The fourth-order valence-electron chi connectivity index (χ4n) is 5.05. The van der Waals surface area contributed by atoms with Gasteiger partial charge in [0, 0.05) is 0 Å². The van der Waals surface area contributed by atoms with Crippen molar-refractivity contribution in [3.05, 3.63) is 88.5 Å². The van der Waals surface area contributed by atoms with E-state index in [0.29, 0.717) is 5.92 Å². The first-order valence-corrected chi connectivity index (χ1v) is 10.1. The lowest BCUT2D eigenvalue weighted by molar-refractivity contribution is 0.645. The average Bonchev–Trinajstić information content (AvgIpc) is 2.67. The molecule has 0 radical (unpaired) electrons. The molecular formula is C27H26. The van der Waals surface area contributed by atoms with Crippen molar-refractivity contribution in [2.45, 2.75) is 40.0 Å². The SMILES string of the molecule is Cc1cccc(-c2cc(C)cc3ccc4c(c23)CCC2=C4C=CCC2C)c1. The zero-order valence-corrected chi connectivity index (χ0v) is 16.5. The summed E-state index contributed by atoms with van der Waals surface area (Å²) in [6.07, 6.45) is 8.29. The quantitative estimate of drug-likeness (QED) is 0.428. The Morgan fingerprint density at radius 2 is 1.74 bits per heavy atom. The molecule has 0 amide bonds. The molecule has 0 bridgehead atoms. The molecule has 0 fully saturated rings. The summed E-state index contributed by atoms with van der Waals surface area (Å²) in [4.78, 5) is 0. The molecule has 3 aromatic rings. The van der Waals surface area contributed by atoms with E-state index in [1.807, 2.05) is 0 Å². The number of hydrogen-bond donors (Lipinski definition) is 0. The first-order valence-electron chi connectivity index (χ1n) is 10.1. The minimum absolute atomic E-state index is 0.683. The van der Waals surface area contributed by atoms with Crippen LogP contribution in [0, 0.1) is 19.8 Å². The molecule has 134 valence electrons. The minimum Gasteiger partial charge on any atom is -0.0833 e. The van der Waals surface area contributed by atoms with Gasteiger partial charge in [-0.1, -0.05) is 78.7 Å². The maximum absolute atomic E-state index is 2.38. The number of hydrogen-bond acceptors (Lipinski definition) is 0. The molecule has 0 N–H and O–H groups in total. The Hall–Kier alpha value is -2.60. The second-order valence-electron chi connectivity index (χ2n) is 8.35. The minimum atomic E-state index is 0.683. The van der Waals surface area contributed by atoms with E-state index in [4.69, 9.17) is 0 Å². The zero-order chi connectivity index (χ0) is 18.5. The van der Waals surface area contributed by atoms with Crippen LogP contribution in [-0.2, 0) is 6.42 Å². The van der Waals surface area contributed by atoms with E-state index in [9.17, 15) is 0 Å². The van der Waals surface area contributed by atoms with E-state index in [-0.39, 0.29) is 0 Å². The van der Waals surface area contributed by atoms with E-state index in [1.54, 1.807) is 11.1 Å². The standard InChI is InChI=1S/C27H26/c1-17-6-4-8-20(14-17)26-16-18(2)15-21-10-11-24-23-9-5-7-19(3)22(23)12-13-25(24)27(21)26/h4-6,8-11,14-16,19H,7,12-13H2,1-3H3. The molecule has 5 rings (SSSR count). The van der Waals surface area contributed by atoms with Crippen molar-refractivity contribution in [3.63, 3.8) is 0 Å². The molecule has 27 heavy (non-hydrogen) atoms. The van der Waals surface area contributed by atoms with Gasteiger partial charge in [0.15, 0.2) is 0 Å². The van der Waals surface area contributed by atoms with Crippen LogP contribution < -0.4 is 0 Å². The fraction of sp³-hybridized carbons (Fsp3) is 0.259. The summed E-state index contributed by atoms with van der Waals surface area (Å²) in [6, 6.07) is 18.4. The topological polar surface area (TPSA) is 0 Å². The Bertz CT molecular complexity index is 1120. The Morgan fingerprint density at radius 1 is 0.852 bits per heavy atom. The van der Waals surface area contributed by atoms with E-state index in [0.717, 1.165) is 6.42 Å². The summed E-state index contributed by atoms with van der Waals surface area (Å²) in [5, 5.41) is 2.84. The number of allylic oxidation sites excluding steroid dienone is 4. The van der Waals surface area contributed by atoms with Crippen LogP contribution in [-0.4, -0.2) is 0 Å². The highest BCUT2D eigenvalue weighted by molar-refractivity contribution is 6.03. The van der Waals surface area contributed by atoms with Crippen LogP contribution in [0.3, 0.4) is 0 Å². The summed E-state index contributed by atoms with van der Waals surface area (Å²) < 4.78 is 0. The third kappa shape index (κ3) is 2.67. The van der Waals surface area contributed by atoms with Gasteiger partial charge in [0.05, 0.1) is 0 Å². The van der Waals surface area contributed by atoms with Gasteiger partial charge < -0.3 is 0 Å². The second-order valence-corrected chi connectivity index (χ2v) is 8.35. The van der Waals surface area contributed by atoms with Crippen LogP contribution >= 0.6 is 0 Å². The van der Waals surface area contributed by atoms with Crippen LogP contribution in [0.25, 0.3) is 27.5 Å². The number of benzene rings is 3. The molecule has 0 aromatic heterocycles. The van der Waals surface area contributed by atoms with Crippen molar-refractivity contribution in [1.29, 1.82) is 0 Å². The Balaban J connectivity index is 1.83. The monoisotopic (exact) mass is 350 g/mol. The number of fused-ring (bicyclic) bond motifs is 4. The fourth-order valence-corrected chi connectivity index (χ4v) is 5.05. The molecule has 0 heteroatoms. The van der Waals surface area contributed by atoms with Crippen LogP contribution in [0.1, 0.15) is 42.0 Å². The summed E-state index contributed by atoms with van der Waals surface area (Å²) in [5.74, 6) is 0.683. The molecular weight excluding hydrogens is 324 g/mol. The second kappa shape index (κ2) is 6.23. The third-order valence-corrected chi connectivity index (χ3v) is 6.35. The number of aryl methyl sites for hydroxylation is 3. The normalized spacial score (nSPS) is 18.6. The van der Waals surface area contributed by atoms with Gasteiger partial charge in [-0.2, -0.15) is 0 Å². The first-order chi connectivity index (χ1) is 13.1. The van der Waals surface area contributed by atoms with Crippen molar-refractivity contribution in [3.8, 4) is 11.1 Å². The summed E-state index contributed by atoms with van der Waals surface area (Å²) in [7, 11) is 0. The summed E-state index contributed by atoms with van der Waals surface area (Å²) in [6.45, 7) is 6.78. The van der Waals surface area contributed by atoms with Crippen molar-refractivity contribution in [2.24, 2.45) is 5.92 Å². The van der Waals surface area contributed by atoms with Gasteiger partial charge in [0.1, 0.15) is 0 Å². The largest absolute Gasteiger partial charge is 0.0833 e. The first kappa shape index (κ1) is 16.6. The zero-order valence-electron chi connectivity index (χ0n) is 16.5. The highest BCUT2D eigenvalue weighted by Crippen LogP contribution is 2.44. The molecule has 1 atom stereocenters. The van der Waals surface area contributed by atoms with E-state index in [1.165, 1.54) is 57.0 Å². The maximum Gasteiger partial charge on any atom is -0.00668 e. The highest BCUT2D eigenvalue weighted by atomic mass is 14.3. The molecule has 3 aromatic carbocycles. The van der Waals surface area contributed by atoms with Crippen molar-refractivity contribution < 1.29 is 0 Å². The van der Waals surface area contributed by atoms with Crippen LogP contribution in [0.4, 0.5) is 0 Å². The third-order valence-electron chi connectivity index (χ3n) is 6.35. The lowest BCUT2D eigenvalue weighted by atomic mass is 9.75. The van der Waals surface area contributed by atoms with E-state index in [2.05, 4.69) is 81.5 Å². The summed E-state index contributed by atoms with van der Waals surface area (Å²) >= 11 is 0. The average molecular weight is 351 g/mol. The van der Waals surface area contributed by atoms with Gasteiger partial charge in [-0.05, 0) is 83.2 Å². The molecule has 2 aliphatic rings. The van der Waals surface area contributed by atoms with Gasteiger partial charge in [-0.15, -0.1) is 0 Å². The lowest BCUT2D eigenvalue weighted by Crippen LogP contribution is -2.13.